The lowest BCUT2D eigenvalue weighted by molar-refractivity contribution is -0.157. The monoisotopic (exact) mass is 475 g/mol. The summed E-state index contributed by atoms with van der Waals surface area (Å²) >= 11 is 0. The van der Waals surface area contributed by atoms with Crippen LogP contribution in [-0.2, 0) is 29.1 Å². The fourth-order valence-electron chi connectivity index (χ4n) is 5.53. The van der Waals surface area contributed by atoms with E-state index in [2.05, 4.69) is 18.2 Å². The zero-order valence-corrected chi connectivity index (χ0v) is 19.2. The molecule has 7 heteroatoms. The standard InChI is InChI=1S/C29H21N3O4/c30-17-8-5-15(6-9-17)11-19-21-13-32-24(12-20-22(28(32)34)14-36-29(35)27(20)33)26(21)31-23-10-7-16-3-1-2-4-18(16)25(19)23/h1-10,12,27,33H,11,13-14,30H2. The Morgan fingerprint density at radius 3 is 2.67 bits per heavy atom. The molecule has 176 valence electrons. The first kappa shape index (κ1) is 20.8. The topological polar surface area (TPSA) is 107 Å². The summed E-state index contributed by atoms with van der Waals surface area (Å²) in [6.07, 6.45) is -0.836. The van der Waals surface area contributed by atoms with Gasteiger partial charge in [0, 0.05) is 22.2 Å². The number of aliphatic hydroxyl groups is 1. The molecular formula is C29H21N3O4. The van der Waals surface area contributed by atoms with E-state index in [0.717, 1.165) is 38.4 Å². The van der Waals surface area contributed by atoms with Gasteiger partial charge in [0.2, 0.25) is 0 Å². The van der Waals surface area contributed by atoms with Crippen molar-refractivity contribution in [1.29, 1.82) is 0 Å². The molecule has 3 aromatic carbocycles. The van der Waals surface area contributed by atoms with Gasteiger partial charge in [0.1, 0.15) is 6.61 Å². The summed E-state index contributed by atoms with van der Waals surface area (Å²) in [5, 5.41) is 13.7. The minimum atomic E-state index is -1.48. The van der Waals surface area contributed by atoms with Crippen molar-refractivity contribution in [3.05, 3.63) is 105 Å². The third kappa shape index (κ3) is 2.93. The third-order valence-corrected chi connectivity index (χ3v) is 7.32. The number of carbonyl (C=O) groups is 1. The predicted molar refractivity (Wildman–Crippen MR) is 136 cm³/mol. The Kier molecular flexibility index (Phi) is 4.34. The number of aromatic nitrogens is 2. The molecule has 1 atom stereocenters. The maximum atomic E-state index is 13.5. The number of nitrogens with zero attached hydrogens (tertiary/aromatic N) is 2. The number of ether oxygens (including phenoxy) is 1. The summed E-state index contributed by atoms with van der Waals surface area (Å²) in [7, 11) is 0. The van der Waals surface area contributed by atoms with Crippen molar-refractivity contribution in [2.45, 2.75) is 25.7 Å². The fourth-order valence-corrected chi connectivity index (χ4v) is 5.53. The van der Waals surface area contributed by atoms with E-state index in [1.165, 1.54) is 0 Å². The van der Waals surface area contributed by atoms with Crippen LogP contribution < -0.4 is 11.3 Å². The van der Waals surface area contributed by atoms with Crippen LogP contribution in [0.3, 0.4) is 0 Å². The number of hydrogen-bond acceptors (Lipinski definition) is 6. The molecule has 0 bridgehead atoms. The number of benzene rings is 3. The molecule has 3 N–H and O–H groups in total. The van der Waals surface area contributed by atoms with Crippen LogP contribution in [0.4, 0.5) is 5.69 Å². The van der Waals surface area contributed by atoms with E-state index in [1.807, 2.05) is 42.5 Å². The second-order valence-corrected chi connectivity index (χ2v) is 9.38. The second-order valence-electron chi connectivity index (χ2n) is 9.38. The van der Waals surface area contributed by atoms with E-state index < -0.39 is 12.1 Å². The van der Waals surface area contributed by atoms with Crippen LogP contribution >= 0.6 is 0 Å². The zero-order valence-electron chi connectivity index (χ0n) is 19.2. The molecule has 0 saturated carbocycles. The van der Waals surface area contributed by atoms with Crippen LogP contribution in [0.25, 0.3) is 33.1 Å². The predicted octanol–water partition coefficient (Wildman–Crippen LogP) is 3.84. The van der Waals surface area contributed by atoms with Crippen molar-refractivity contribution in [3.8, 4) is 11.4 Å². The zero-order chi connectivity index (χ0) is 24.6. The van der Waals surface area contributed by atoms with Crippen molar-refractivity contribution in [2.75, 3.05) is 5.73 Å². The van der Waals surface area contributed by atoms with Gasteiger partial charge in [-0.3, -0.25) is 4.79 Å². The molecule has 2 aromatic heterocycles. The van der Waals surface area contributed by atoms with Crippen LogP contribution in [0.1, 0.15) is 33.9 Å². The Hall–Kier alpha value is -4.49. The van der Waals surface area contributed by atoms with E-state index in [9.17, 15) is 14.7 Å². The molecule has 2 aliphatic heterocycles. The number of nitrogens with two attached hydrogens (primary N) is 1. The number of fused-ring (bicyclic) bond motifs is 7. The maximum absolute atomic E-state index is 13.5. The third-order valence-electron chi connectivity index (χ3n) is 7.32. The molecule has 1 unspecified atom stereocenters. The summed E-state index contributed by atoms with van der Waals surface area (Å²) in [4.78, 5) is 30.5. The van der Waals surface area contributed by atoms with Crippen molar-refractivity contribution >= 4 is 33.3 Å². The van der Waals surface area contributed by atoms with E-state index >= 15 is 0 Å². The first-order chi connectivity index (χ1) is 17.5. The minimum Gasteiger partial charge on any atom is -0.458 e. The van der Waals surface area contributed by atoms with Crippen LogP contribution in [-0.4, -0.2) is 20.6 Å². The maximum Gasteiger partial charge on any atom is 0.340 e. The first-order valence-electron chi connectivity index (χ1n) is 11.8. The van der Waals surface area contributed by atoms with Crippen molar-refractivity contribution in [2.24, 2.45) is 0 Å². The summed E-state index contributed by atoms with van der Waals surface area (Å²) in [6, 6.07) is 21.8. The Labute approximate surface area is 205 Å². The highest BCUT2D eigenvalue weighted by Crippen LogP contribution is 2.40. The van der Waals surface area contributed by atoms with Crippen LogP contribution in [0.5, 0.6) is 0 Å². The highest BCUT2D eigenvalue weighted by atomic mass is 16.5. The molecule has 7 nitrogen and oxygen atoms in total. The number of carbonyl (C=O) groups excluding carboxylic acids is 1. The average Bonchev–Trinajstić information content (AvgIpc) is 3.26. The normalized spacial score (nSPS) is 16.0. The van der Waals surface area contributed by atoms with Gasteiger partial charge in [-0.15, -0.1) is 0 Å². The summed E-state index contributed by atoms with van der Waals surface area (Å²) in [5.41, 5.74) is 12.3. The number of anilines is 1. The molecule has 0 spiro atoms. The van der Waals surface area contributed by atoms with Crippen molar-refractivity contribution in [1.82, 2.24) is 9.55 Å². The van der Waals surface area contributed by atoms with Gasteiger partial charge < -0.3 is 20.1 Å². The van der Waals surface area contributed by atoms with Crippen LogP contribution in [0, 0.1) is 0 Å². The molecule has 2 aliphatic rings. The fraction of sp³-hybridized carbons (Fsp3) is 0.138. The van der Waals surface area contributed by atoms with E-state index in [1.54, 1.807) is 10.6 Å². The van der Waals surface area contributed by atoms with Gasteiger partial charge in [0.05, 0.1) is 29.0 Å². The summed E-state index contributed by atoms with van der Waals surface area (Å²) < 4.78 is 6.71. The number of rotatable bonds is 2. The van der Waals surface area contributed by atoms with Gasteiger partial charge in [-0.05, 0) is 52.6 Å². The van der Waals surface area contributed by atoms with Gasteiger partial charge in [-0.2, -0.15) is 0 Å². The highest BCUT2D eigenvalue weighted by molar-refractivity contribution is 6.09. The van der Waals surface area contributed by atoms with Gasteiger partial charge in [-0.25, -0.2) is 9.78 Å². The average molecular weight is 476 g/mol. The molecule has 36 heavy (non-hydrogen) atoms. The molecule has 0 saturated heterocycles. The quantitative estimate of drug-likeness (QED) is 0.224. The number of pyridine rings is 2. The Balaban J connectivity index is 1.53. The lowest BCUT2D eigenvalue weighted by Gasteiger charge is -2.21. The first-order valence-corrected chi connectivity index (χ1v) is 11.8. The largest absolute Gasteiger partial charge is 0.458 e. The molecule has 0 aliphatic carbocycles. The molecule has 0 radical (unpaired) electrons. The second kappa shape index (κ2) is 7.50. The molecule has 5 aromatic rings. The number of hydrogen-bond donors (Lipinski definition) is 2. The van der Waals surface area contributed by atoms with E-state index in [4.69, 9.17) is 15.5 Å². The molecule has 0 amide bonds. The SMILES string of the molecule is Nc1ccc(Cc2c3c(nc4ccc5ccccc5c24)-c2cc4c(c(=O)n2C3)COC(=O)C4O)cc1. The molecular weight excluding hydrogens is 454 g/mol. The number of aliphatic hydroxyl groups excluding tert-OH is 1. The van der Waals surface area contributed by atoms with Gasteiger partial charge >= 0.3 is 5.97 Å². The molecule has 4 heterocycles. The Morgan fingerprint density at radius 1 is 1.03 bits per heavy atom. The van der Waals surface area contributed by atoms with Gasteiger partial charge in [0.15, 0.2) is 6.10 Å². The Morgan fingerprint density at radius 2 is 1.83 bits per heavy atom. The minimum absolute atomic E-state index is 0.140. The van der Waals surface area contributed by atoms with Crippen molar-refractivity contribution in [3.63, 3.8) is 0 Å². The summed E-state index contributed by atoms with van der Waals surface area (Å²) in [6.45, 7) is 0.219. The molecule has 0 fully saturated rings. The lowest BCUT2D eigenvalue weighted by atomic mass is 9.91. The van der Waals surface area contributed by atoms with E-state index in [-0.39, 0.29) is 12.2 Å². The van der Waals surface area contributed by atoms with Crippen molar-refractivity contribution < 1.29 is 14.6 Å². The smallest absolute Gasteiger partial charge is 0.340 e. The van der Waals surface area contributed by atoms with Gasteiger partial charge in [0.25, 0.3) is 5.56 Å². The highest BCUT2D eigenvalue weighted by Gasteiger charge is 2.34. The van der Waals surface area contributed by atoms with Gasteiger partial charge in [-0.1, -0.05) is 42.5 Å². The lowest BCUT2D eigenvalue weighted by Crippen LogP contribution is -2.32. The number of esters is 1. The van der Waals surface area contributed by atoms with E-state index in [0.29, 0.717) is 41.2 Å². The van der Waals surface area contributed by atoms with Crippen LogP contribution in [0.2, 0.25) is 0 Å². The number of nitrogen functional groups attached to an aromatic ring is 1. The summed E-state index contributed by atoms with van der Waals surface area (Å²) in [5.74, 6) is -0.743. The molecule has 7 rings (SSSR count). The number of cyclic esters (lactones) is 1. The Bertz CT molecular complexity index is 1800. The van der Waals surface area contributed by atoms with Crippen LogP contribution in [0.15, 0.2) is 71.5 Å².